The summed E-state index contributed by atoms with van der Waals surface area (Å²) in [6, 6.07) is 3.07. The Morgan fingerprint density at radius 2 is 1.53 bits per heavy atom. The molecule has 0 aliphatic carbocycles. The zero-order chi connectivity index (χ0) is 13.2. The van der Waals surface area contributed by atoms with Crippen LogP contribution in [0.25, 0.3) is 0 Å². The van der Waals surface area contributed by atoms with Crippen LogP contribution in [-0.2, 0) is 0 Å². The summed E-state index contributed by atoms with van der Waals surface area (Å²) < 4.78 is 50.7. The van der Waals surface area contributed by atoms with Gasteiger partial charge in [0.15, 0.2) is 5.78 Å². The van der Waals surface area contributed by atoms with E-state index in [1.165, 1.54) is 6.92 Å². The monoisotopic (exact) mass is 312 g/mol. The molecule has 1 atom stereocenters. The topological polar surface area (TPSA) is 17.1 Å². The van der Waals surface area contributed by atoms with Crippen molar-refractivity contribution < 1.29 is 22.4 Å². The summed E-state index contributed by atoms with van der Waals surface area (Å²) in [6.45, 7) is 1.40. The summed E-state index contributed by atoms with van der Waals surface area (Å²) >= 11 is 2.90. The minimum Gasteiger partial charge on any atom is -0.293 e. The third kappa shape index (κ3) is 3.06. The maximum Gasteiger partial charge on any atom is 0.264 e. The molecule has 0 saturated heterocycles. The molecule has 0 fully saturated rings. The summed E-state index contributed by atoms with van der Waals surface area (Å²) in [5.41, 5.74) is -1.89. The summed E-state index contributed by atoms with van der Waals surface area (Å²) in [6.07, 6.45) is -5.92. The molecule has 0 aliphatic heterocycles. The summed E-state index contributed by atoms with van der Waals surface area (Å²) in [7, 11) is 0. The number of benzene rings is 1. The molecule has 94 valence electrons. The van der Waals surface area contributed by atoms with E-state index in [0.29, 0.717) is 0 Å². The fourth-order valence-corrected chi connectivity index (χ4v) is 1.66. The fraction of sp³-hybridized carbons (Fsp3) is 0.364. The first-order valence-electron chi connectivity index (χ1n) is 4.73. The molecule has 0 radical (unpaired) electrons. The highest BCUT2D eigenvalue weighted by Crippen LogP contribution is 2.32. The van der Waals surface area contributed by atoms with Crippen LogP contribution < -0.4 is 0 Å². The number of halogens is 5. The molecule has 0 bridgehead atoms. The zero-order valence-electron chi connectivity index (χ0n) is 8.76. The van der Waals surface area contributed by atoms with Gasteiger partial charge in [0.2, 0.25) is 0 Å². The first-order valence-corrected chi connectivity index (χ1v) is 5.65. The van der Waals surface area contributed by atoms with Crippen molar-refractivity contribution in [2.45, 2.75) is 24.6 Å². The van der Waals surface area contributed by atoms with Crippen molar-refractivity contribution in [3.05, 3.63) is 34.9 Å². The van der Waals surface area contributed by atoms with Crippen molar-refractivity contribution in [2.24, 2.45) is 0 Å². The van der Waals surface area contributed by atoms with Gasteiger partial charge in [-0.1, -0.05) is 34.1 Å². The summed E-state index contributed by atoms with van der Waals surface area (Å²) in [5, 5.41) is 0. The number of alkyl halides is 5. The lowest BCUT2D eigenvalue weighted by Crippen LogP contribution is -2.16. The lowest BCUT2D eigenvalue weighted by atomic mass is 9.96. The SMILES string of the molecule is CC(Br)C(=O)c1c(C(F)F)cccc1C(F)F. The van der Waals surface area contributed by atoms with Gasteiger partial charge in [-0.05, 0) is 6.92 Å². The second kappa shape index (κ2) is 5.62. The third-order valence-corrected chi connectivity index (χ3v) is 2.62. The Labute approximate surface area is 104 Å². The van der Waals surface area contributed by atoms with E-state index in [-0.39, 0.29) is 0 Å². The number of carbonyl (C=O) groups excluding carboxylic acids is 1. The van der Waals surface area contributed by atoms with Gasteiger partial charge in [-0.2, -0.15) is 0 Å². The van der Waals surface area contributed by atoms with E-state index in [9.17, 15) is 22.4 Å². The lowest BCUT2D eigenvalue weighted by molar-refractivity contribution is 0.0965. The van der Waals surface area contributed by atoms with E-state index in [2.05, 4.69) is 15.9 Å². The highest BCUT2D eigenvalue weighted by molar-refractivity contribution is 9.10. The van der Waals surface area contributed by atoms with Crippen LogP contribution in [0.1, 0.15) is 41.3 Å². The summed E-state index contributed by atoms with van der Waals surface area (Å²) in [5.74, 6) is -0.767. The van der Waals surface area contributed by atoms with Gasteiger partial charge in [-0.25, -0.2) is 17.6 Å². The van der Waals surface area contributed by atoms with E-state index in [4.69, 9.17) is 0 Å². The predicted molar refractivity (Wildman–Crippen MR) is 59.1 cm³/mol. The Morgan fingerprint density at radius 1 is 1.12 bits per heavy atom. The van der Waals surface area contributed by atoms with Gasteiger partial charge < -0.3 is 0 Å². The molecule has 0 N–H and O–H groups in total. The Bertz CT molecular complexity index is 392. The number of hydrogen-bond donors (Lipinski definition) is 0. The van der Waals surface area contributed by atoms with Gasteiger partial charge in [-0.3, -0.25) is 4.79 Å². The molecule has 1 nitrogen and oxygen atoms in total. The van der Waals surface area contributed by atoms with Crippen LogP contribution in [0, 0.1) is 0 Å². The average Bonchev–Trinajstić information content (AvgIpc) is 2.26. The molecule has 1 aromatic rings. The second-order valence-electron chi connectivity index (χ2n) is 3.39. The molecule has 0 amide bonds. The number of carbonyl (C=O) groups is 1. The number of hydrogen-bond acceptors (Lipinski definition) is 1. The van der Waals surface area contributed by atoms with Gasteiger partial charge in [0.25, 0.3) is 12.9 Å². The van der Waals surface area contributed by atoms with E-state index >= 15 is 0 Å². The van der Waals surface area contributed by atoms with Crippen molar-refractivity contribution >= 4 is 21.7 Å². The van der Waals surface area contributed by atoms with Crippen LogP contribution in [0.3, 0.4) is 0 Å². The van der Waals surface area contributed by atoms with Gasteiger partial charge in [-0.15, -0.1) is 0 Å². The Kier molecular flexibility index (Phi) is 4.68. The standard InChI is InChI=1S/C11H9BrF4O/c1-5(12)9(17)8-6(10(13)14)3-2-4-7(8)11(15)16/h2-5,10-11H,1H3. The van der Waals surface area contributed by atoms with E-state index in [1.54, 1.807) is 0 Å². The van der Waals surface area contributed by atoms with Crippen LogP contribution >= 0.6 is 15.9 Å². The largest absolute Gasteiger partial charge is 0.293 e. The van der Waals surface area contributed by atoms with Crippen molar-refractivity contribution in [3.63, 3.8) is 0 Å². The first kappa shape index (κ1) is 14.2. The zero-order valence-corrected chi connectivity index (χ0v) is 10.3. The fourth-order valence-electron chi connectivity index (χ4n) is 1.44. The summed E-state index contributed by atoms with van der Waals surface area (Å²) in [4.78, 5) is 10.9. The van der Waals surface area contributed by atoms with Crippen molar-refractivity contribution in [2.75, 3.05) is 0 Å². The molecule has 1 rings (SSSR count). The number of Topliss-reactive ketones (excluding diaryl/α,β-unsaturated/α-hetero) is 1. The minimum absolute atomic E-state index is 0.582. The Hall–Kier alpha value is -0.910. The maximum absolute atomic E-state index is 12.7. The molecule has 0 aliphatic rings. The first-order chi connectivity index (χ1) is 7.86. The van der Waals surface area contributed by atoms with Crippen molar-refractivity contribution in [3.8, 4) is 0 Å². The van der Waals surface area contributed by atoms with Crippen LogP contribution in [0.2, 0.25) is 0 Å². The Morgan fingerprint density at radius 3 is 1.82 bits per heavy atom. The predicted octanol–water partition coefficient (Wildman–Crippen LogP) is 4.53. The number of ketones is 1. The second-order valence-corrected chi connectivity index (χ2v) is 4.77. The normalized spacial score (nSPS) is 13.2. The average molecular weight is 313 g/mol. The van der Waals surface area contributed by atoms with Gasteiger partial charge in [0, 0.05) is 16.7 Å². The maximum atomic E-state index is 12.7. The van der Waals surface area contributed by atoms with Crippen molar-refractivity contribution in [1.29, 1.82) is 0 Å². The lowest BCUT2D eigenvalue weighted by Gasteiger charge is -2.14. The quantitative estimate of drug-likeness (QED) is 0.453. The highest BCUT2D eigenvalue weighted by Gasteiger charge is 2.27. The molecule has 1 unspecified atom stereocenters. The molecule has 6 heteroatoms. The highest BCUT2D eigenvalue weighted by atomic mass is 79.9. The molecule has 17 heavy (non-hydrogen) atoms. The van der Waals surface area contributed by atoms with E-state index < -0.39 is 40.2 Å². The molecule has 0 saturated carbocycles. The van der Waals surface area contributed by atoms with E-state index in [1.807, 2.05) is 0 Å². The van der Waals surface area contributed by atoms with Gasteiger partial charge >= 0.3 is 0 Å². The Balaban J connectivity index is 3.44. The molecule has 0 spiro atoms. The molecule has 0 aromatic heterocycles. The molecule has 1 aromatic carbocycles. The van der Waals surface area contributed by atoms with Gasteiger partial charge in [0.05, 0.1) is 4.83 Å². The van der Waals surface area contributed by atoms with Gasteiger partial charge in [0.1, 0.15) is 0 Å². The van der Waals surface area contributed by atoms with Crippen molar-refractivity contribution in [1.82, 2.24) is 0 Å². The van der Waals surface area contributed by atoms with Crippen LogP contribution in [0.4, 0.5) is 17.6 Å². The van der Waals surface area contributed by atoms with Crippen LogP contribution in [0.15, 0.2) is 18.2 Å². The minimum atomic E-state index is -2.96. The van der Waals surface area contributed by atoms with Crippen LogP contribution in [0.5, 0.6) is 0 Å². The molecular formula is C11H9BrF4O. The van der Waals surface area contributed by atoms with Crippen LogP contribution in [-0.4, -0.2) is 10.6 Å². The number of rotatable bonds is 4. The smallest absolute Gasteiger partial charge is 0.264 e. The molecular weight excluding hydrogens is 304 g/mol. The molecule has 0 heterocycles. The van der Waals surface area contributed by atoms with E-state index in [0.717, 1.165) is 18.2 Å². The third-order valence-electron chi connectivity index (χ3n) is 2.21.